The van der Waals surface area contributed by atoms with Crippen LogP contribution in [0.15, 0.2) is 48.2 Å². The summed E-state index contributed by atoms with van der Waals surface area (Å²) < 4.78 is 7.05. The summed E-state index contributed by atoms with van der Waals surface area (Å²) in [6.45, 7) is 0. The second-order valence-electron chi connectivity index (χ2n) is 6.93. The smallest absolute Gasteiger partial charge is 0.331 e. The third kappa shape index (κ3) is 3.19. The quantitative estimate of drug-likeness (QED) is 0.654. The molecule has 1 aromatic heterocycles. The predicted octanol–water partition coefficient (Wildman–Crippen LogP) is 2.89. The molecule has 4 rings (SSSR count). The maximum Gasteiger partial charge on any atom is 0.331 e. The van der Waals surface area contributed by atoms with Crippen molar-refractivity contribution < 1.29 is 19.1 Å². The van der Waals surface area contributed by atoms with E-state index in [1.54, 1.807) is 7.11 Å². The second-order valence-corrected chi connectivity index (χ2v) is 6.93. The van der Waals surface area contributed by atoms with Gasteiger partial charge >= 0.3 is 6.03 Å². The molecule has 4 amide bonds. The van der Waals surface area contributed by atoms with Crippen LogP contribution >= 0.6 is 0 Å². The van der Waals surface area contributed by atoms with Crippen LogP contribution in [0.2, 0.25) is 0 Å². The summed E-state index contributed by atoms with van der Waals surface area (Å²) in [6.07, 6.45) is 6.91. The van der Waals surface area contributed by atoms with Gasteiger partial charge in [-0.1, -0.05) is 12.8 Å². The van der Waals surface area contributed by atoms with Gasteiger partial charge in [-0.05, 0) is 55.3 Å². The maximum absolute atomic E-state index is 12.9. The van der Waals surface area contributed by atoms with Crippen LogP contribution in [0.4, 0.5) is 4.79 Å². The van der Waals surface area contributed by atoms with Crippen LogP contribution in [-0.4, -0.2) is 40.5 Å². The molecule has 28 heavy (non-hydrogen) atoms. The van der Waals surface area contributed by atoms with E-state index < -0.39 is 17.8 Å². The number of urea groups is 1. The molecule has 2 heterocycles. The highest BCUT2D eigenvalue weighted by atomic mass is 16.5. The van der Waals surface area contributed by atoms with E-state index >= 15 is 0 Å². The van der Waals surface area contributed by atoms with E-state index in [0.29, 0.717) is 5.69 Å². The molecule has 0 bridgehead atoms. The Morgan fingerprint density at radius 2 is 1.79 bits per heavy atom. The topological polar surface area (TPSA) is 80.6 Å². The van der Waals surface area contributed by atoms with Gasteiger partial charge in [0.15, 0.2) is 0 Å². The fourth-order valence-electron chi connectivity index (χ4n) is 3.80. The second kappa shape index (κ2) is 7.34. The molecule has 2 aliphatic rings. The fraction of sp³-hybridized carbons (Fsp3) is 0.286. The number of barbiturate groups is 1. The Kier molecular flexibility index (Phi) is 4.73. The molecule has 0 atom stereocenters. The average Bonchev–Trinajstić information content (AvgIpc) is 3.37. The highest BCUT2D eigenvalue weighted by Crippen LogP contribution is 2.27. The van der Waals surface area contributed by atoms with Crippen molar-refractivity contribution >= 4 is 23.9 Å². The van der Waals surface area contributed by atoms with Crippen molar-refractivity contribution in [3.8, 4) is 11.4 Å². The summed E-state index contributed by atoms with van der Waals surface area (Å²) in [7, 11) is 1.60. The van der Waals surface area contributed by atoms with Gasteiger partial charge in [-0.2, -0.15) is 0 Å². The van der Waals surface area contributed by atoms with Gasteiger partial charge < -0.3 is 9.30 Å². The first-order chi connectivity index (χ1) is 13.6. The Labute approximate surface area is 162 Å². The molecule has 0 radical (unpaired) electrons. The third-order valence-electron chi connectivity index (χ3n) is 5.25. The lowest BCUT2D eigenvalue weighted by Crippen LogP contribution is -2.57. The number of ether oxygens (including phenoxy) is 1. The summed E-state index contributed by atoms with van der Waals surface area (Å²) in [6, 6.07) is 10.3. The normalized spacial score (nSPS) is 19.4. The lowest BCUT2D eigenvalue weighted by atomic mass is 10.1. The lowest BCUT2D eigenvalue weighted by molar-refractivity contribution is -0.131. The van der Waals surface area contributed by atoms with Crippen LogP contribution in [0.1, 0.15) is 31.4 Å². The Morgan fingerprint density at radius 1 is 1.07 bits per heavy atom. The number of aromatic nitrogens is 1. The minimum Gasteiger partial charge on any atom is -0.497 e. The summed E-state index contributed by atoms with van der Waals surface area (Å²) in [5, 5.41) is 2.31. The molecule has 1 saturated heterocycles. The lowest BCUT2D eigenvalue weighted by Gasteiger charge is -2.31. The zero-order chi connectivity index (χ0) is 19.7. The van der Waals surface area contributed by atoms with Gasteiger partial charge in [0.05, 0.1) is 7.11 Å². The molecule has 1 aliphatic carbocycles. The predicted molar refractivity (Wildman–Crippen MR) is 103 cm³/mol. The first-order valence-electron chi connectivity index (χ1n) is 9.31. The molecule has 2 fully saturated rings. The number of carbonyl (C=O) groups excluding carboxylic acids is 3. The molecule has 1 N–H and O–H groups in total. The molecule has 7 nitrogen and oxygen atoms in total. The number of nitrogens with zero attached hydrogens (tertiary/aromatic N) is 2. The number of benzene rings is 1. The van der Waals surface area contributed by atoms with Crippen molar-refractivity contribution in [3.63, 3.8) is 0 Å². The van der Waals surface area contributed by atoms with Crippen LogP contribution < -0.4 is 10.1 Å². The van der Waals surface area contributed by atoms with Crippen molar-refractivity contribution in [2.75, 3.05) is 7.11 Å². The molecular formula is C21H21N3O4. The van der Waals surface area contributed by atoms with Crippen molar-refractivity contribution in [2.24, 2.45) is 0 Å². The molecular weight excluding hydrogens is 358 g/mol. The van der Waals surface area contributed by atoms with E-state index in [9.17, 15) is 14.4 Å². The molecule has 144 valence electrons. The van der Waals surface area contributed by atoms with Crippen LogP contribution in [0, 0.1) is 0 Å². The number of hydrogen-bond acceptors (Lipinski definition) is 4. The van der Waals surface area contributed by atoms with Crippen molar-refractivity contribution in [2.45, 2.75) is 31.7 Å². The Bertz CT molecular complexity index is 952. The monoisotopic (exact) mass is 379 g/mol. The van der Waals surface area contributed by atoms with Gasteiger partial charge in [-0.15, -0.1) is 0 Å². The number of rotatable bonds is 4. The molecule has 2 aromatic rings. The largest absolute Gasteiger partial charge is 0.497 e. The SMILES string of the molecule is COc1ccc(-n2cccc2/C=C2\C(=O)NC(=O)N(C3CCCC3)C2=O)cc1. The van der Waals surface area contributed by atoms with Gasteiger partial charge in [0.2, 0.25) is 0 Å². The van der Waals surface area contributed by atoms with E-state index in [0.717, 1.165) is 37.1 Å². The molecule has 1 saturated carbocycles. The minimum atomic E-state index is -0.660. The number of nitrogens with one attached hydrogen (secondary N) is 1. The minimum absolute atomic E-state index is 0.0278. The van der Waals surface area contributed by atoms with Crippen LogP contribution in [-0.2, 0) is 9.59 Å². The average molecular weight is 379 g/mol. The number of methoxy groups -OCH3 is 1. The first-order valence-corrected chi connectivity index (χ1v) is 9.31. The van der Waals surface area contributed by atoms with Gasteiger partial charge in [0.1, 0.15) is 11.3 Å². The molecule has 0 spiro atoms. The summed E-state index contributed by atoms with van der Waals surface area (Å²) in [4.78, 5) is 38.7. The van der Waals surface area contributed by atoms with E-state index in [2.05, 4.69) is 5.32 Å². The highest BCUT2D eigenvalue weighted by Gasteiger charge is 2.40. The zero-order valence-corrected chi connectivity index (χ0v) is 15.6. The molecule has 0 unspecified atom stereocenters. The third-order valence-corrected chi connectivity index (χ3v) is 5.25. The molecule has 7 heteroatoms. The summed E-state index contributed by atoms with van der Waals surface area (Å²) >= 11 is 0. The Hall–Kier alpha value is -3.35. The standard InChI is InChI=1S/C21H21N3O4/c1-28-17-10-8-14(9-11-17)23-12-4-7-16(23)13-18-19(25)22-21(27)24(20(18)26)15-5-2-3-6-15/h4,7-13,15H,2-3,5-6H2,1H3,(H,22,25,27)/b18-13+. The first kappa shape index (κ1) is 18.0. The molecule has 1 aliphatic heterocycles. The Balaban J connectivity index is 1.68. The highest BCUT2D eigenvalue weighted by molar-refractivity contribution is 6.31. The summed E-state index contributed by atoms with van der Waals surface area (Å²) in [5.74, 6) is -0.446. The number of carbonyl (C=O) groups is 3. The van der Waals surface area contributed by atoms with Crippen LogP contribution in [0.25, 0.3) is 11.8 Å². The van der Waals surface area contributed by atoms with E-state index in [-0.39, 0.29) is 11.6 Å². The molecule has 1 aromatic carbocycles. The van der Waals surface area contributed by atoms with Gasteiger partial charge in [0, 0.05) is 23.6 Å². The van der Waals surface area contributed by atoms with Crippen molar-refractivity contribution in [3.05, 3.63) is 53.9 Å². The van der Waals surface area contributed by atoms with Gasteiger partial charge in [0.25, 0.3) is 11.8 Å². The summed E-state index contributed by atoms with van der Waals surface area (Å²) in [5.41, 5.74) is 1.51. The maximum atomic E-state index is 12.9. The number of imide groups is 2. The Morgan fingerprint density at radius 3 is 2.46 bits per heavy atom. The van der Waals surface area contributed by atoms with Crippen molar-refractivity contribution in [1.29, 1.82) is 0 Å². The van der Waals surface area contributed by atoms with E-state index in [1.165, 1.54) is 11.0 Å². The van der Waals surface area contributed by atoms with Gasteiger partial charge in [-0.3, -0.25) is 19.8 Å². The van der Waals surface area contributed by atoms with Crippen molar-refractivity contribution in [1.82, 2.24) is 14.8 Å². The number of hydrogen-bond donors (Lipinski definition) is 1. The van der Waals surface area contributed by atoms with Gasteiger partial charge in [-0.25, -0.2) is 4.79 Å². The zero-order valence-electron chi connectivity index (χ0n) is 15.6. The van der Waals surface area contributed by atoms with Crippen LogP contribution in [0.3, 0.4) is 0 Å². The fourth-order valence-corrected chi connectivity index (χ4v) is 3.80. The van der Waals surface area contributed by atoms with Crippen LogP contribution in [0.5, 0.6) is 5.75 Å². The van der Waals surface area contributed by atoms with E-state index in [4.69, 9.17) is 4.74 Å². The van der Waals surface area contributed by atoms with E-state index in [1.807, 2.05) is 47.2 Å². The number of amides is 4.